The fraction of sp³-hybridized carbons (Fsp3) is 0.167. The van der Waals surface area contributed by atoms with E-state index in [0.717, 1.165) is 11.8 Å². The Morgan fingerprint density at radius 2 is 2.19 bits per heavy atom. The minimum Gasteiger partial charge on any atom is -0.478 e. The number of benzene rings is 1. The van der Waals surface area contributed by atoms with Crippen LogP contribution in [0, 0.1) is 17.0 Å². The zero-order valence-corrected chi connectivity index (χ0v) is 13.4. The van der Waals surface area contributed by atoms with Gasteiger partial charge in [0.25, 0.3) is 0 Å². The van der Waals surface area contributed by atoms with Crippen LogP contribution >= 0.6 is 27.7 Å². The summed E-state index contributed by atoms with van der Waals surface area (Å²) in [5.41, 5.74) is 0.0800. The van der Waals surface area contributed by atoms with E-state index in [2.05, 4.69) is 20.9 Å². The van der Waals surface area contributed by atoms with Crippen LogP contribution in [0.15, 0.2) is 32.6 Å². The van der Waals surface area contributed by atoms with Crippen LogP contribution in [-0.2, 0) is 7.05 Å². The standard InChI is InChI=1S/C12H10BrN3O4S/c1-6-14-10(16(19)20)11(15(6)2)21-9-5-7(13)3-4-8(9)12(17)18/h3-5H,1-2H3,(H,17,18). The Labute approximate surface area is 132 Å². The Kier molecular flexibility index (Phi) is 4.33. The van der Waals surface area contributed by atoms with Crippen LogP contribution in [-0.4, -0.2) is 25.6 Å². The monoisotopic (exact) mass is 371 g/mol. The number of aromatic carboxylic acids is 1. The lowest BCUT2D eigenvalue weighted by atomic mass is 10.2. The summed E-state index contributed by atoms with van der Waals surface area (Å²) >= 11 is 4.27. The van der Waals surface area contributed by atoms with E-state index in [1.807, 2.05) is 0 Å². The average molecular weight is 372 g/mol. The van der Waals surface area contributed by atoms with E-state index in [-0.39, 0.29) is 16.4 Å². The largest absolute Gasteiger partial charge is 0.478 e. The maximum atomic E-state index is 11.2. The number of halogens is 1. The van der Waals surface area contributed by atoms with Gasteiger partial charge in [-0.3, -0.25) is 4.57 Å². The van der Waals surface area contributed by atoms with Gasteiger partial charge in [-0.05, 0) is 28.1 Å². The molecule has 21 heavy (non-hydrogen) atoms. The SMILES string of the molecule is Cc1nc([N+](=O)[O-])c(Sc2cc(Br)ccc2C(=O)O)n1C. The molecule has 0 unspecified atom stereocenters. The quantitative estimate of drug-likeness (QED) is 0.654. The van der Waals surface area contributed by atoms with E-state index in [0.29, 0.717) is 15.2 Å². The van der Waals surface area contributed by atoms with Gasteiger partial charge in [0.15, 0.2) is 5.03 Å². The van der Waals surface area contributed by atoms with E-state index in [1.54, 1.807) is 30.7 Å². The molecule has 0 aliphatic heterocycles. The number of nitrogens with zero attached hydrogens (tertiary/aromatic N) is 3. The Morgan fingerprint density at radius 3 is 2.76 bits per heavy atom. The van der Waals surface area contributed by atoms with Gasteiger partial charge in [0.2, 0.25) is 5.82 Å². The Morgan fingerprint density at radius 1 is 1.52 bits per heavy atom. The number of rotatable bonds is 4. The molecule has 0 atom stereocenters. The van der Waals surface area contributed by atoms with Crippen LogP contribution in [0.4, 0.5) is 5.82 Å². The minimum absolute atomic E-state index is 0.0800. The van der Waals surface area contributed by atoms with Gasteiger partial charge < -0.3 is 15.2 Å². The number of aryl methyl sites for hydroxylation is 1. The van der Waals surface area contributed by atoms with Crippen molar-refractivity contribution in [3.63, 3.8) is 0 Å². The summed E-state index contributed by atoms with van der Waals surface area (Å²) in [5, 5.41) is 20.5. The highest BCUT2D eigenvalue weighted by atomic mass is 79.9. The first-order valence-corrected chi connectivity index (χ1v) is 7.30. The third-order valence-electron chi connectivity index (χ3n) is 2.80. The highest BCUT2D eigenvalue weighted by molar-refractivity contribution is 9.10. The Hall–Kier alpha value is -1.87. The molecule has 0 saturated carbocycles. The minimum atomic E-state index is -1.09. The molecule has 2 aromatic rings. The van der Waals surface area contributed by atoms with Gasteiger partial charge in [-0.25, -0.2) is 4.79 Å². The molecule has 0 bridgehead atoms. The molecule has 1 aromatic carbocycles. The van der Waals surface area contributed by atoms with Gasteiger partial charge >= 0.3 is 11.8 Å². The van der Waals surface area contributed by atoms with Crippen LogP contribution in [0.2, 0.25) is 0 Å². The molecule has 110 valence electrons. The summed E-state index contributed by atoms with van der Waals surface area (Å²) in [6.45, 7) is 1.65. The zero-order chi connectivity index (χ0) is 15.7. The van der Waals surface area contributed by atoms with Crippen LogP contribution in [0.1, 0.15) is 16.2 Å². The third-order valence-corrected chi connectivity index (χ3v) is 4.50. The molecule has 0 amide bonds. The van der Waals surface area contributed by atoms with Crippen LogP contribution in [0.3, 0.4) is 0 Å². The average Bonchev–Trinajstić information content (AvgIpc) is 2.67. The molecule has 0 aliphatic carbocycles. The Bertz CT molecular complexity index is 744. The van der Waals surface area contributed by atoms with Crippen LogP contribution < -0.4 is 0 Å². The molecule has 1 heterocycles. The lowest BCUT2D eigenvalue weighted by Gasteiger charge is -2.07. The zero-order valence-electron chi connectivity index (χ0n) is 11.0. The summed E-state index contributed by atoms with van der Waals surface area (Å²) in [4.78, 5) is 26.0. The summed E-state index contributed by atoms with van der Waals surface area (Å²) in [6.07, 6.45) is 0. The molecule has 7 nitrogen and oxygen atoms in total. The van der Waals surface area contributed by atoms with E-state index in [4.69, 9.17) is 0 Å². The number of nitro groups is 1. The second-order valence-electron chi connectivity index (χ2n) is 4.15. The topological polar surface area (TPSA) is 98.3 Å². The van der Waals surface area contributed by atoms with Gasteiger partial charge in [0.05, 0.1) is 5.56 Å². The third kappa shape index (κ3) is 3.08. The first-order chi connectivity index (χ1) is 9.81. The van der Waals surface area contributed by atoms with Crippen molar-refractivity contribution < 1.29 is 14.8 Å². The Balaban J connectivity index is 2.55. The fourth-order valence-electron chi connectivity index (χ4n) is 1.67. The second-order valence-corrected chi connectivity index (χ2v) is 6.10. The molecule has 0 aliphatic rings. The predicted molar refractivity (Wildman–Crippen MR) is 79.8 cm³/mol. The molecule has 0 spiro atoms. The summed E-state index contributed by atoms with van der Waals surface area (Å²) in [6, 6.07) is 4.67. The maximum Gasteiger partial charge on any atom is 0.396 e. The number of imidazole rings is 1. The molecular weight excluding hydrogens is 362 g/mol. The van der Waals surface area contributed by atoms with Crippen molar-refractivity contribution in [2.75, 3.05) is 0 Å². The van der Waals surface area contributed by atoms with E-state index in [1.165, 1.54) is 6.07 Å². The lowest BCUT2D eigenvalue weighted by molar-refractivity contribution is -0.392. The fourth-order valence-corrected chi connectivity index (χ4v) is 3.32. The van der Waals surface area contributed by atoms with Crippen molar-refractivity contribution in [1.29, 1.82) is 0 Å². The van der Waals surface area contributed by atoms with E-state index in [9.17, 15) is 20.0 Å². The number of hydrogen-bond donors (Lipinski definition) is 1. The van der Waals surface area contributed by atoms with Crippen molar-refractivity contribution in [2.45, 2.75) is 16.8 Å². The van der Waals surface area contributed by atoms with Crippen molar-refractivity contribution in [3.05, 3.63) is 44.2 Å². The number of carbonyl (C=O) groups is 1. The molecule has 9 heteroatoms. The molecule has 0 fully saturated rings. The van der Waals surface area contributed by atoms with Crippen molar-refractivity contribution in [2.24, 2.45) is 7.05 Å². The number of aromatic nitrogens is 2. The highest BCUT2D eigenvalue weighted by Crippen LogP contribution is 2.37. The molecule has 2 rings (SSSR count). The van der Waals surface area contributed by atoms with Crippen molar-refractivity contribution in [1.82, 2.24) is 9.55 Å². The first kappa shape index (κ1) is 15.5. The smallest absolute Gasteiger partial charge is 0.396 e. The van der Waals surface area contributed by atoms with Gasteiger partial charge in [-0.2, -0.15) is 0 Å². The number of carboxylic acids is 1. The van der Waals surface area contributed by atoms with Gasteiger partial charge in [0.1, 0.15) is 0 Å². The lowest BCUT2D eigenvalue weighted by Crippen LogP contribution is -2.00. The van der Waals surface area contributed by atoms with Crippen LogP contribution in [0.25, 0.3) is 0 Å². The summed E-state index contributed by atoms with van der Waals surface area (Å²) in [5.74, 6) is -0.890. The summed E-state index contributed by atoms with van der Waals surface area (Å²) < 4.78 is 2.26. The predicted octanol–water partition coefficient (Wildman–Crippen LogP) is 3.25. The van der Waals surface area contributed by atoms with E-state index < -0.39 is 10.9 Å². The first-order valence-electron chi connectivity index (χ1n) is 5.69. The highest BCUT2D eigenvalue weighted by Gasteiger charge is 2.26. The van der Waals surface area contributed by atoms with Gasteiger partial charge in [0, 0.05) is 23.3 Å². The molecule has 0 saturated heterocycles. The molecule has 1 aromatic heterocycles. The molecule has 0 radical (unpaired) electrons. The molecule has 1 N–H and O–H groups in total. The molecular formula is C12H10BrN3O4S. The maximum absolute atomic E-state index is 11.2. The van der Waals surface area contributed by atoms with Crippen molar-refractivity contribution in [3.8, 4) is 0 Å². The number of carboxylic acid groups (broad SMARTS) is 1. The number of hydrogen-bond acceptors (Lipinski definition) is 5. The van der Waals surface area contributed by atoms with Crippen LogP contribution in [0.5, 0.6) is 0 Å². The van der Waals surface area contributed by atoms with E-state index >= 15 is 0 Å². The van der Waals surface area contributed by atoms with Gasteiger partial charge in [-0.15, -0.1) is 0 Å². The summed E-state index contributed by atoms with van der Waals surface area (Å²) in [7, 11) is 1.65. The second kappa shape index (κ2) is 5.86. The normalized spacial score (nSPS) is 10.6. The van der Waals surface area contributed by atoms with Crippen molar-refractivity contribution >= 4 is 39.5 Å². The van der Waals surface area contributed by atoms with Gasteiger partial charge in [-0.1, -0.05) is 27.7 Å².